The van der Waals surface area contributed by atoms with E-state index in [4.69, 9.17) is 0 Å². The molecule has 0 unspecified atom stereocenters. The van der Waals surface area contributed by atoms with E-state index >= 15 is 0 Å². The fourth-order valence-corrected chi connectivity index (χ4v) is 2.79. The second kappa shape index (κ2) is 6.31. The van der Waals surface area contributed by atoms with Crippen molar-refractivity contribution < 1.29 is 4.79 Å². The monoisotopic (exact) mass is 362 g/mol. The molecule has 4 rings (SSSR count). The van der Waals surface area contributed by atoms with E-state index in [1.54, 1.807) is 31.4 Å². The summed E-state index contributed by atoms with van der Waals surface area (Å²) in [4.78, 5) is 33.6. The average molecular weight is 362 g/mol. The summed E-state index contributed by atoms with van der Waals surface area (Å²) < 4.78 is 2.80. The summed E-state index contributed by atoms with van der Waals surface area (Å²) >= 11 is 0. The molecule has 27 heavy (non-hydrogen) atoms. The Morgan fingerprint density at radius 1 is 1.19 bits per heavy atom. The molecule has 136 valence electrons. The topological polar surface area (TPSA) is 94.2 Å². The van der Waals surface area contributed by atoms with Crippen molar-refractivity contribution in [2.24, 2.45) is 5.92 Å². The Bertz CT molecular complexity index is 1220. The first-order valence-corrected chi connectivity index (χ1v) is 8.60. The highest BCUT2D eigenvalue weighted by atomic mass is 16.2. The summed E-state index contributed by atoms with van der Waals surface area (Å²) in [5, 5.41) is 4.87. The van der Waals surface area contributed by atoms with Crippen LogP contribution < -0.4 is 11.0 Å². The van der Waals surface area contributed by atoms with Gasteiger partial charge in [-0.15, -0.1) is 5.10 Å². The molecule has 0 bridgehead atoms. The lowest BCUT2D eigenvalue weighted by molar-refractivity contribution is -0.119. The van der Waals surface area contributed by atoms with E-state index in [1.807, 2.05) is 30.3 Å². The van der Waals surface area contributed by atoms with E-state index in [-0.39, 0.29) is 17.4 Å². The predicted octanol–water partition coefficient (Wildman–Crippen LogP) is 2.14. The number of fused-ring (bicyclic) bond motifs is 3. The molecular weight excluding hydrogens is 344 g/mol. The van der Waals surface area contributed by atoms with Crippen molar-refractivity contribution in [1.29, 1.82) is 0 Å². The van der Waals surface area contributed by atoms with Crippen LogP contribution in [0.15, 0.2) is 47.4 Å². The smallest absolute Gasteiger partial charge is 0.273 e. The molecule has 8 heteroatoms. The second-order valence-electron chi connectivity index (χ2n) is 6.63. The molecule has 4 aromatic rings. The third-order valence-corrected chi connectivity index (χ3v) is 4.31. The lowest BCUT2D eigenvalue weighted by Crippen LogP contribution is -2.36. The quantitative estimate of drug-likeness (QED) is 0.603. The molecule has 0 aliphatic rings. The Kier molecular flexibility index (Phi) is 3.95. The lowest BCUT2D eigenvalue weighted by Gasteiger charge is -2.14. The van der Waals surface area contributed by atoms with Crippen molar-refractivity contribution in [3.63, 3.8) is 0 Å². The number of benzene rings is 1. The van der Waals surface area contributed by atoms with Crippen molar-refractivity contribution >= 4 is 22.6 Å². The van der Waals surface area contributed by atoms with E-state index in [1.165, 1.54) is 10.9 Å². The van der Waals surface area contributed by atoms with E-state index in [0.717, 1.165) is 5.56 Å². The van der Waals surface area contributed by atoms with Crippen molar-refractivity contribution in [3.05, 3.63) is 58.6 Å². The lowest BCUT2D eigenvalue weighted by atomic mass is 10.2. The summed E-state index contributed by atoms with van der Waals surface area (Å²) in [6.07, 6.45) is 1.47. The van der Waals surface area contributed by atoms with Gasteiger partial charge in [0.1, 0.15) is 0 Å². The van der Waals surface area contributed by atoms with E-state index < -0.39 is 0 Å². The van der Waals surface area contributed by atoms with Crippen LogP contribution >= 0.6 is 0 Å². The predicted molar refractivity (Wildman–Crippen MR) is 102 cm³/mol. The maximum absolute atomic E-state index is 12.9. The summed E-state index contributed by atoms with van der Waals surface area (Å²) in [6, 6.07) is 11.4. The van der Waals surface area contributed by atoms with Gasteiger partial charge in [-0.3, -0.25) is 15.0 Å². The number of amides is 1. The van der Waals surface area contributed by atoms with E-state index in [0.29, 0.717) is 28.2 Å². The maximum Gasteiger partial charge on any atom is 0.280 e. The van der Waals surface area contributed by atoms with Gasteiger partial charge in [-0.25, -0.2) is 9.66 Å². The zero-order valence-corrected chi connectivity index (χ0v) is 15.2. The van der Waals surface area contributed by atoms with Gasteiger partial charge in [0.25, 0.3) is 11.3 Å². The minimum absolute atomic E-state index is 0.235. The summed E-state index contributed by atoms with van der Waals surface area (Å²) in [7, 11) is 0. The minimum atomic E-state index is -0.356. The Morgan fingerprint density at radius 3 is 2.63 bits per heavy atom. The third-order valence-electron chi connectivity index (χ3n) is 4.31. The van der Waals surface area contributed by atoms with Crippen molar-refractivity contribution in [1.82, 2.24) is 24.3 Å². The van der Waals surface area contributed by atoms with Gasteiger partial charge in [0.2, 0.25) is 5.91 Å². The maximum atomic E-state index is 12.9. The van der Waals surface area contributed by atoms with Gasteiger partial charge < -0.3 is 0 Å². The van der Waals surface area contributed by atoms with Crippen LogP contribution in [0.3, 0.4) is 0 Å². The Hall–Kier alpha value is -3.55. The molecule has 1 amide bonds. The van der Waals surface area contributed by atoms with Gasteiger partial charge >= 0.3 is 0 Å². The Labute approximate surface area is 154 Å². The van der Waals surface area contributed by atoms with Crippen LogP contribution in [0.5, 0.6) is 0 Å². The van der Waals surface area contributed by atoms with Gasteiger partial charge in [0, 0.05) is 23.4 Å². The SMILES string of the molecule is Cc1cc2c(cnc3nc(-c4ccccc4)nn32)c(=O)n1NC(=O)C(C)C. The largest absolute Gasteiger partial charge is 0.280 e. The molecule has 0 saturated carbocycles. The number of aryl methyl sites for hydroxylation is 1. The molecular formula is C19H18N6O2. The fraction of sp³-hybridized carbons (Fsp3) is 0.211. The molecule has 3 aromatic heterocycles. The Morgan fingerprint density at radius 2 is 1.93 bits per heavy atom. The molecule has 1 N–H and O–H groups in total. The van der Waals surface area contributed by atoms with Crippen LogP contribution in [0.2, 0.25) is 0 Å². The molecule has 0 aliphatic carbocycles. The molecule has 1 aromatic carbocycles. The third kappa shape index (κ3) is 2.84. The number of carbonyl (C=O) groups excluding carboxylic acids is 1. The van der Waals surface area contributed by atoms with Gasteiger partial charge in [-0.1, -0.05) is 44.2 Å². The van der Waals surface area contributed by atoms with Gasteiger partial charge in [-0.2, -0.15) is 9.50 Å². The van der Waals surface area contributed by atoms with E-state index in [9.17, 15) is 9.59 Å². The molecule has 0 spiro atoms. The summed E-state index contributed by atoms with van der Waals surface area (Å²) in [6.45, 7) is 5.29. The highest BCUT2D eigenvalue weighted by molar-refractivity contribution is 5.86. The van der Waals surface area contributed by atoms with Crippen LogP contribution in [0, 0.1) is 12.8 Å². The first kappa shape index (κ1) is 16.9. The zero-order valence-electron chi connectivity index (χ0n) is 15.2. The van der Waals surface area contributed by atoms with Gasteiger partial charge in [0.05, 0.1) is 10.9 Å². The number of hydrogen-bond acceptors (Lipinski definition) is 5. The molecule has 8 nitrogen and oxygen atoms in total. The van der Waals surface area contributed by atoms with Crippen molar-refractivity contribution in [2.45, 2.75) is 20.8 Å². The minimum Gasteiger partial charge on any atom is -0.273 e. The first-order valence-electron chi connectivity index (χ1n) is 8.60. The highest BCUT2D eigenvalue weighted by Gasteiger charge is 2.16. The van der Waals surface area contributed by atoms with Crippen LogP contribution in [0.4, 0.5) is 0 Å². The van der Waals surface area contributed by atoms with Crippen LogP contribution in [-0.4, -0.2) is 30.2 Å². The number of carbonyl (C=O) groups is 1. The molecule has 0 saturated heterocycles. The molecule has 3 heterocycles. The van der Waals surface area contributed by atoms with E-state index in [2.05, 4.69) is 20.5 Å². The van der Waals surface area contributed by atoms with Gasteiger partial charge in [-0.05, 0) is 13.0 Å². The van der Waals surface area contributed by atoms with Crippen molar-refractivity contribution in [3.8, 4) is 11.4 Å². The number of rotatable bonds is 3. The number of aromatic nitrogens is 5. The summed E-state index contributed by atoms with van der Waals surface area (Å²) in [5.41, 5.74) is 4.33. The number of hydrogen-bond donors (Lipinski definition) is 1. The van der Waals surface area contributed by atoms with Crippen LogP contribution in [0.25, 0.3) is 28.1 Å². The van der Waals surface area contributed by atoms with Crippen LogP contribution in [-0.2, 0) is 4.79 Å². The summed E-state index contributed by atoms with van der Waals surface area (Å²) in [5.74, 6) is 0.465. The number of pyridine rings is 1. The average Bonchev–Trinajstić information content (AvgIpc) is 3.10. The highest BCUT2D eigenvalue weighted by Crippen LogP contribution is 2.18. The number of nitrogens with one attached hydrogen (secondary N) is 1. The number of nitrogens with zero attached hydrogens (tertiary/aromatic N) is 5. The molecule has 0 aliphatic heterocycles. The normalized spacial score (nSPS) is 11.4. The van der Waals surface area contributed by atoms with Gasteiger partial charge in [0.15, 0.2) is 5.82 Å². The van der Waals surface area contributed by atoms with Crippen molar-refractivity contribution in [2.75, 3.05) is 5.43 Å². The first-order chi connectivity index (χ1) is 13.0. The molecule has 0 fully saturated rings. The second-order valence-corrected chi connectivity index (χ2v) is 6.63. The Balaban J connectivity index is 1.91. The zero-order chi connectivity index (χ0) is 19.1. The standard InChI is InChI=1S/C19H18N6O2/c1-11(2)17(26)23-24-12(3)9-15-14(18(24)27)10-20-19-21-16(22-25(15)19)13-7-5-4-6-8-13/h4-11H,1-3H3,(H,23,26). The van der Waals surface area contributed by atoms with Crippen LogP contribution in [0.1, 0.15) is 19.5 Å². The molecule has 0 radical (unpaired) electrons. The molecule has 0 atom stereocenters. The fourth-order valence-electron chi connectivity index (χ4n) is 2.79.